The molecule has 0 fully saturated rings. The van der Waals surface area contributed by atoms with E-state index in [1.165, 1.54) is 36.4 Å². The number of carbonyl (C=O) groups is 2. The summed E-state index contributed by atoms with van der Waals surface area (Å²) in [5.74, 6) is -2.05. The highest BCUT2D eigenvalue weighted by atomic mass is 19.1. The molecule has 0 saturated carbocycles. The largest absolute Gasteiger partial charge is 0.480 e. The lowest BCUT2D eigenvalue weighted by atomic mass is 9.99. The highest BCUT2D eigenvalue weighted by Gasteiger charge is 2.24. The van der Waals surface area contributed by atoms with Crippen LogP contribution in [0.4, 0.5) is 4.39 Å². The summed E-state index contributed by atoms with van der Waals surface area (Å²) in [7, 11) is 0. The van der Waals surface area contributed by atoms with Gasteiger partial charge in [0.2, 0.25) is 5.91 Å². The van der Waals surface area contributed by atoms with E-state index < -0.39 is 17.9 Å². The summed E-state index contributed by atoms with van der Waals surface area (Å²) in [6.45, 7) is 3.63. The molecule has 0 saturated heterocycles. The molecule has 2 N–H and O–H groups in total. The van der Waals surface area contributed by atoms with Gasteiger partial charge in [0.05, 0.1) is 0 Å². The van der Waals surface area contributed by atoms with Crippen LogP contribution in [0.25, 0.3) is 6.08 Å². The van der Waals surface area contributed by atoms with Crippen molar-refractivity contribution in [3.8, 4) is 0 Å². The molecular formula is C15H18FNO3. The smallest absolute Gasteiger partial charge is 0.326 e. The van der Waals surface area contributed by atoms with Gasteiger partial charge in [-0.2, -0.15) is 0 Å². The first kappa shape index (κ1) is 15.9. The van der Waals surface area contributed by atoms with E-state index in [1.807, 2.05) is 6.92 Å². The summed E-state index contributed by atoms with van der Waals surface area (Å²) in [6.07, 6.45) is 3.40. The van der Waals surface area contributed by atoms with Crippen LogP contribution in [0.2, 0.25) is 0 Å². The van der Waals surface area contributed by atoms with Crippen LogP contribution < -0.4 is 5.32 Å². The fourth-order valence-corrected chi connectivity index (χ4v) is 1.63. The van der Waals surface area contributed by atoms with Crippen molar-refractivity contribution in [3.63, 3.8) is 0 Å². The van der Waals surface area contributed by atoms with Crippen LogP contribution >= 0.6 is 0 Å². The van der Waals surface area contributed by atoms with Crippen molar-refractivity contribution in [1.29, 1.82) is 0 Å². The second-order valence-electron chi connectivity index (χ2n) is 4.59. The molecule has 0 aliphatic carbocycles. The molecule has 0 spiro atoms. The second kappa shape index (κ2) is 7.43. The van der Waals surface area contributed by atoms with Gasteiger partial charge in [-0.1, -0.05) is 32.4 Å². The molecule has 0 radical (unpaired) electrons. The third kappa shape index (κ3) is 4.84. The number of benzene rings is 1. The van der Waals surface area contributed by atoms with E-state index in [1.54, 1.807) is 6.92 Å². The summed E-state index contributed by atoms with van der Waals surface area (Å²) in [5, 5.41) is 11.5. The molecule has 1 rings (SSSR count). The molecule has 0 heterocycles. The molecule has 0 aliphatic heterocycles. The van der Waals surface area contributed by atoms with Gasteiger partial charge in [-0.05, 0) is 29.7 Å². The molecule has 2 unspecified atom stereocenters. The average Bonchev–Trinajstić information content (AvgIpc) is 2.43. The van der Waals surface area contributed by atoms with Crippen molar-refractivity contribution in [2.75, 3.05) is 0 Å². The minimum atomic E-state index is -1.05. The highest BCUT2D eigenvalue weighted by Crippen LogP contribution is 2.08. The van der Waals surface area contributed by atoms with Crippen LogP contribution in [0, 0.1) is 11.7 Å². The van der Waals surface area contributed by atoms with Crippen molar-refractivity contribution < 1.29 is 19.1 Å². The number of aliphatic carboxylic acids is 1. The summed E-state index contributed by atoms with van der Waals surface area (Å²) >= 11 is 0. The van der Waals surface area contributed by atoms with Gasteiger partial charge in [0.1, 0.15) is 11.9 Å². The van der Waals surface area contributed by atoms with E-state index in [-0.39, 0.29) is 11.7 Å². The standard InChI is InChI=1S/C15H18FNO3/c1-3-10(2)14(15(19)20)17-13(18)9-6-11-4-7-12(16)8-5-11/h4-10,14H,3H2,1-2H3,(H,17,18)(H,19,20)/b9-6+. The van der Waals surface area contributed by atoms with Crippen molar-refractivity contribution in [2.24, 2.45) is 5.92 Å². The Balaban J connectivity index is 2.66. The van der Waals surface area contributed by atoms with Crippen LogP contribution in [0.5, 0.6) is 0 Å². The van der Waals surface area contributed by atoms with Gasteiger partial charge in [-0.15, -0.1) is 0 Å². The zero-order valence-electron chi connectivity index (χ0n) is 11.5. The predicted octanol–water partition coefficient (Wildman–Crippen LogP) is 2.45. The molecule has 1 aromatic carbocycles. The summed E-state index contributed by atoms with van der Waals surface area (Å²) in [6, 6.07) is 4.73. The van der Waals surface area contributed by atoms with Crippen LogP contribution in [0.1, 0.15) is 25.8 Å². The van der Waals surface area contributed by atoms with Crippen molar-refractivity contribution >= 4 is 18.0 Å². The summed E-state index contributed by atoms with van der Waals surface area (Å²) < 4.78 is 12.7. The first-order valence-electron chi connectivity index (χ1n) is 6.41. The number of hydrogen-bond acceptors (Lipinski definition) is 2. The molecule has 1 amide bonds. The third-order valence-electron chi connectivity index (χ3n) is 3.07. The molecule has 0 bridgehead atoms. The monoisotopic (exact) mass is 279 g/mol. The lowest BCUT2D eigenvalue weighted by Crippen LogP contribution is -2.44. The molecule has 2 atom stereocenters. The Kier molecular flexibility index (Phi) is 5.90. The van der Waals surface area contributed by atoms with E-state index in [0.717, 1.165) is 0 Å². The number of nitrogens with one attached hydrogen (secondary N) is 1. The normalized spacial score (nSPS) is 13.9. The first-order chi connectivity index (χ1) is 9.43. The van der Waals surface area contributed by atoms with Crippen LogP contribution in [-0.4, -0.2) is 23.0 Å². The number of carboxylic acid groups (broad SMARTS) is 1. The fourth-order valence-electron chi connectivity index (χ4n) is 1.63. The number of hydrogen-bond donors (Lipinski definition) is 2. The number of amides is 1. The van der Waals surface area contributed by atoms with Crippen molar-refractivity contribution in [1.82, 2.24) is 5.32 Å². The Labute approximate surface area is 117 Å². The zero-order chi connectivity index (χ0) is 15.1. The van der Waals surface area contributed by atoms with Gasteiger partial charge < -0.3 is 10.4 Å². The highest BCUT2D eigenvalue weighted by molar-refractivity contribution is 5.94. The Morgan fingerprint density at radius 1 is 1.35 bits per heavy atom. The fraction of sp³-hybridized carbons (Fsp3) is 0.333. The molecule has 4 nitrogen and oxygen atoms in total. The summed E-state index contributed by atoms with van der Waals surface area (Å²) in [5.41, 5.74) is 0.664. The second-order valence-corrected chi connectivity index (χ2v) is 4.59. The quantitative estimate of drug-likeness (QED) is 0.786. The van der Waals surface area contributed by atoms with Gasteiger partial charge >= 0.3 is 5.97 Å². The van der Waals surface area contributed by atoms with E-state index >= 15 is 0 Å². The minimum Gasteiger partial charge on any atom is -0.480 e. The molecule has 5 heteroatoms. The minimum absolute atomic E-state index is 0.157. The molecule has 20 heavy (non-hydrogen) atoms. The van der Waals surface area contributed by atoms with E-state index in [9.17, 15) is 14.0 Å². The Morgan fingerprint density at radius 2 is 1.95 bits per heavy atom. The SMILES string of the molecule is CCC(C)C(NC(=O)/C=C/c1ccc(F)cc1)C(=O)O. The Bertz CT molecular complexity index is 496. The maximum Gasteiger partial charge on any atom is 0.326 e. The number of halogens is 1. The average molecular weight is 279 g/mol. The van der Waals surface area contributed by atoms with Crippen LogP contribution in [0.15, 0.2) is 30.3 Å². The van der Waals surface area contributed by atoms with E-state index in [4.69, 9.17) is 5.11 Å². The summed E-state index contributed by atoms with van der Waals surface area (Å²) in [4.78, 5) is 22.7. The molecule has 108 valence electrons. The van der Waals surface area contributed by atoms with E-state index in [2.05, 4.69) is 5.32 Å². The van der Waals surface area contributed by atoms with Crippen molar-refractivity contribution in [2.45, 2.75) is 26.3 Å². The van der Waals surface area contributed by atoms with Gasteiger partial charge in [0.25, 0.3) is 0 Å². The number of rotatable bonds is 6. The maximum atomic E-state index is 12.7. The Hall–Kier alpha value is -2.17. The molecular weight excluding hydrogens is 261 g/mol. The Morgan fingerprint density at radius 3 is 2.45 bits per heavy atom. The lowest BCUT2D eigenvalue weighted by molar-refractivity contribution is -0.142. The first-order valence-corrected chi connectivity index (χ1v) is 6.41. The maximum absolute atomic E-state index is 12.7. The number of carboxylic acids is 1. The number of carbonyl (C=O) groups excluding carboxylic acids is 1. The van der Waals surface area contributed by atoms with Crippen LogP contribution in [-0.2, 0) is 9.59 Å². The molecule has 1 aromatic rings. The predicted molar refractivity (Wildman–Crippen MR) is 74.5 cm³/mol. The molecule has 0 aromatic heterocycles. The van der Waals surface area contributed by atoms with Gasteiger partial charge in [0.15, 0.2) is 0 Å². The van der Waals surface area contributed by atoms with Gasteiger partial charge in [-0.25, -0.2) is 9.18 Å². The van der Waals surface area contributed by atoms with Crippen LogP contribution in [0.3, 0.4) is 0 Å². The zero-order valence-corrected chi connectivity index (χ0v) is 11.5. The van der Waals surface area contributed by atoms with Gasteiger partial charge in [0, 0.05) is 6.08 Å². The van der Waals surface area contributed by atoms with Gasteiger partial charge in [-0.3, -0.25) is 4.79 Å². The van der Waals surface area contributed by atoms with E-state index in [0.29, 0.717) is 12.0 Å². The molecule has 0 aliphatic rings. The topological polar surface area (TPSA) is 66.4 Å². The van der Waals surface area contributed by atoms with Crippen molar-refractivity contribution in [3.05, 3.63) is 41.7 Å². The third-order valence-corrected chi connectivity index (χ3v) is 3.07. The lowest BCUT2D eigenvalue weighted by Gasteiger charge is -2.19.